The zero-order valence-electron chi connectivity index (χ0n) is 12.0. The van der Waals surface area contributed by atoms with Crippen LogP contribution in [0.2, 0.25) is 0 Å². The van der Waals surface area contributed by atoms with Crippen LogP contribution in [-0.4, -0.2) is 35.5 Å². The van der Waals surface area contributed by atoms with E-state index in [9.17, 15) is 4.79 Å². The number of methoxy groups -OCH3 is 1. The Morgan fingerprint density at radius 2 is 2.33 bits per heavy atom. The van der Waals surface area contributed by atoms with E-state index in [4.69, 9.17) is 4.74 Å². The van der Waals surface area contributed by atoms with Gasteiger partial charge in [0, 0.05) is 36.1 Å². The van der Waals surface area contributed by atoms with Crippen LogP contribution in [0.25, 0.3) is 0 Å². The summed E-state index contributed by atoms with van der Waals surface area (Å²) in [5.74, 6) is 0.810. The standard InChI is InChI=1S/C16H18N2O2S/c1-20-14-4-2-3-12(11-14)16(19)18(13-5-6-13)9-7-15-17-8-10-21-15/h2-4,8,10-11,13H,5-7,9H2,1H3. The molecule has 0 saturated heterocycles. The third kappa shape index (κ3) is 3.42. The molecular weight excluding hydrogens is 284 g/mol. The molecule has 3 rings (SSSR count). The molecular formula is C16H18N2O2S. The predicted molar refractivity (Wildman–Crippen MR) is 82.9 cm³/mol. The number of hydrogen-bond acceptors (Lipinski definition) is 4. The first-order valence-corrected chi connectivity index (χ1v) is 7.99. The third-order valence-corrected chi connectivity index (χ3v) is 4.45. The fourth-order valence-corrected chi connectivity index (χ4v) is 2.96. The van der Waals surface area contributed by atoms with Crippen molar-refractivity contribution < 1.29 is 9.53 Å². The lowest BCUT2D eigenvalue weighted by atomic mass is 10.1. The van der Waals surface area contributed by atoms with E-state index in [1.165, 1.54) is 0 Å². The van der Waals surface area contributed by atoms with Crippen LogP contribution in [-0.2, 0) is 6.42 Å². The zero-order chi connectivity index (χ0) is 14.7. The Balaban J connectivity index is 1.72. The molecule has 1 aromatic heterocycles. The Labute approximate surface area is 128 Å². The monoisotopic (exact) mass is 302 g/mol. The molecule has 0 unspecified atom stereocenters. The summed E-state index contributed by atoms with van der Waals surface area (Å²) in [5.41, 5.74) is 0.695. The molecule has 2 aromatic rings. The maximum atomic E-state index is 12.7. The average Bonchev–Trinajstić information content (AvgIpc) is 3.22. The lowest BCUT2D eigenvalue weighted by molar-refractivity contribution is 0.0744. The van der Waals surface area contributed by atoms with Crippen LogP contribution in [0.1, 0.15) is 28.2 Å². The molecule has 1 aliphatic rings. The average molecular weight is 302 g/mol. The Hall–Kier alpha value is -1.88. The van der Waals surface area contributed by atoms with Crippen molar-refractivity contribution in [1.29, 1.82) is 0 Å². The van der Waals surface area contributed by atoms with Crippen LogP contribution in [0.3, 0.4) is 0 Å². The van der Waals surface area contributed by atoms with Crippen LogP contribution in [0.15, 0.2) is 35.8 Å². The summed E-state index contributed by atoms with van der Waals surface area (Å²) in [6.45, 7) is 0.730. The molecule has 0 bridgehead atoms. The highest BCUT2D eigenvalue weighted by Gasteiger charge is 2.32. The minimum atomic E-state index is 0.0907. The van der Waals surface area contributed by atoms with E-state index in [2.05, 4.69) is 4.98 Å². The molecule has 110 valence electrons. The summed E-state index contributed by atoms with van der Waals surface area (Å²) in [6, 6.07) is 7.76. The minimum Gasteiger partial charge on any atom is -0.497 e. The first kappa shape index (κ1) is 14.1. The van der Waals surface area contributed by atoms with Gasteiger partial charge in [-0.1, -0.05) is 6.07 Å². The molecule has 0 atom stereocenters. The van der Waals surface area contributed by atoms with E-state index in [0.29, 0.717) is 11.6 Å². The van der Waals surface area contributed by atoms with Gasteiger partial charge in [0.15, 0.2) is 0 Å². The summed E-state index contributed by atoms with van der Waals surface area (Å²) in [6.07, 6.45) is 4.84. The number of rotatable bonds is 6. The van der Waals surface area contributed by atoms with Crippen molar-refractivity contribution in [1.82, 2.24) is 9.88 Å². The van der Waals surface area contributed by atoms with Crippen molar-refractivity contribution in [3.05, 3.63) is 46.4 Å². The lowest BCUT2D eigenvalue weighted by Gasteiger charge is -2.22. The van der Waals surface area contributed by atoms with E-state index in [-0.39, 0.29) is 5.91 Å². The number of amides is 1. The molecule has 1 aromatic carbocycles. The summed E-state index contributed by atoms with van der Waals surface area (Å²) < 4.78 is 5.20. The molecule has 1 fully saturated rings. The molecule has 4 nitrogen and oxygen atoms in total. The number of benzene rings is 1. The normalized spacial score (nSPS) is 14.0. The quantitative estimate of drug-likeness (QED) is 0.824. The number of hydrogen-bond donors (Lipinski definition) is 0. The van der Waals surface area contributed by atoms with Crippen molar-refractivity contribution in [2.45, 2.75) is 25.3 Å². The first-order valence-electron chi connectivity index (χ1n) is 7.11. The molecule has 21 heavy (non-hydrogen) atoms. The fourth-order valence-electron chi connectivity index (χ4n) is 2.35. The highest BCUT2D eigenvalue weighted by atomic mass is 32.1. The van der Waals surface area contributed by atoms with Gasteiger partial charge in [-0.15, -0.1) is 11.3 Å². The number of carbonyl (C=O) groups excluding carboxylic acids is 1. The Kier molecular flexibility index (Phi) is 4.20. The molecule has 5 heteroatoms. The summed E-state index contributed by atoms with van der Waals surface area (Å²) in [7, 11) is 1.62. The second-order valence-corrected chi connectivity index (χ2v) is 6.12. The van der Waals surface area contributed by atoms with Gasteiger partial charge in [0.1, 0.15) is 5.75 Å². The molecule has 0 radical (unpaired) electrons. The second kappa shape index (κ2) is 6.26. The summed E-state index contributed by atoms with van der Waals surface area (Å²) in [4.78, 5) is 19.0. The highest BCUT2D eigenvalue weighted by Crippen LogP contribution is 2.29. The van der Waals surface area contributed by atoms with E-state index in [1.54, 1.807) is 24.5 Å². The molecule has 0 spiro atoms. The van der Waals surface area contributed by atoms with E-state index in [1.807, 2.05) is 34.7 Å². The Morgan fingerprint density at radius 3 is 3.00 bits per heavy atom. The highest BCUT2D eigenvalue weighted by molar-refractivity contribution is 7.09. The van der Waals surface area contributed by atoms with Gasteiger partial charge in [-0.2, -0.15) is 0 Å². The summed E-state index contributed by atoms with van der Waals surface area (Å²) >= 11 is 1.64. The van der Waals surface area contributed by atoms with Gasteiger partial charge in [-0.25, -0.2) is 4.98 Å². The van der Waals surface area contributed by atoms with Gasteiger partial charge >= 0.3 is 0 Å². The number of carbonyl (C=O) groups is 1. The maximum Gasteiger partial charge on any atom is 0.254 e. The minimum absolute atomic E-state index is 0.0907. The van der Waals surface area contributed by atoms with E-state index >= 15 is 0 Å². The number of thiazole rings is 1. The van der Waals surface area contributed by atoms with Crippen LogP contribution >= 0.6 is 11.3 Å². The van der Waals surface area contributed by atoms with Crippen molar-refractivity contribution in [2.75, 3.05) is 13.7 Å². The van der Waals surface area contributed by atoms with Crippen LogP contribution in [0.4, 0.5) is 0 Å². The van der Waals surface area contributed by atoms with Gasteiger partial charge in [-0.05, 0) is 31.0 Å². The molecule has 1 heterocycles. The van der Waals surface area contributed by atoms with Crippen molar-refractivity contribution in [3.63, 3.8) is 0 Å². The Morgan fingerprint density at radius 1 is 1.48 bits per heavy atom. The second-order valence-electron chi connectivity index (χ2n) is 5.14. The molecule has 1 saturated carbocycles. The molecule has 1 amide bonds. The molecule has 0 N–H and O–H groups in total. The van der Waals surface area contributed by atoms with Crippen molar-refractivity contribution in [2.24, 2.45) is 0 Å². The maximum absolute atomic E-state index is 12.7. The Bertz CT molecular complexity index is 608. The van der Waals surface area contributed by atoms with Gasteiger partial charge in [0.05, 0.1) is 12.1 Å². The fraction of sp³-hybridized carbons (Fsp3) is 0.375. The predicted octanol–water partition coefficient (Wildman–Crippen LogP) is 3.00. The van der Waals surface area contributed by atoms with Crippen LogP contribution in [0, 0.1) is 0 Å². The van der Waals surface area contributed by atoms with Crippen LogP contribution < -0.4 is 4.74 Å². The van der Waals surface area contributed by atoms with Crippen LogP contribution in [0.5, 0.6) is 5.75 Å². The van der Waals surface area contributed by atoms with Gasteiger partial charge < -0.3 is 9.64 Å². The zero-order valence-corrected chi connectivity index (χ0v) is 12.8. The third-order valence-electron chi connectivity index (χ3n) is 3.62. The van der Waals surface area contributed by atoms with E-state index in [0.717, 1.165) is 36.6 Å². The van der Waals surface area contributed by atoms with E-state index < -0.39 is 0 Å². The van der Waals surface area contributed by atoms with Gasteiger partial charge in [0.25, 0.3) is 5.91 Å². The van der Waals surface area contributed by atoms with Crippen molar-refractivity contribution >= 4 is 17.2 Å². The largest absolute Gasteiger partial charge is 0.497 e. The molecule has 1 aliphatic carbocycles. The topological polar surface area (TPSA) is 42.4 Å². The summed E-state index contributed by atoms with van der Waals surface area (Å²) in [5, 5.41) is 3.06. The smallest absolute Gasteiger partial charge is 0.254 e. The SMILES string of the molecule is COc1cccc(C(=O)N(CCc2nccs2)C2CC2)c1. The molecule has 0 aliphatic heterocycles. The number of nitrogens with zero attached hydrogens (tertiary/aromatic N) is 2. The first-order chi connectivity index (χ1) is 10.3. The van der Waals surface area contributed by atoms with Crippen molar-refractivity contribution in [3.8, 4) is 5.75 Å². The number of ether oxygens (including phenoxy) is 1. The lowest BCUT2D eigenvalue weighted by Crippen LogP contribution is -2.34. The van der Waals surface area contributed by atoms with Gasteiger partial charge in [-0.3, -0.25) is 4.79 Å². The van der Waals surface area contributed by atoms with Gasteiger partial charge in [0.2, 0.25) is 0 Å². The number of aromatic nitrogens is 1.